The molecule has 20 heavy (non-hydrogen) atoms. The zero-order valence-electron chi connectivity index (χ0n) is 11.3. The molecule has 1 aromatic rings. The van der Waals surface area contributed by atoms with Crippen molar-refractivity contribution in [1.29, 1.82) is 0 Å². The molecule has 0 unspecified atom stereocenters. The van der Waals surface area contributed by atoms with Gasteiger partial charge >= 0.3 is 0 Å². The lowest BCUT2D eigenvalue weighted by Crippen LogP contribution is -2.47. The predicted octanol–water partition coefficient (Wildman–Crippen LogP) is 2.44. The lowest BCUT2D eigenvalue weighted by Gasteiger charge is -2.21. The van der Waals surface area contributed by atoms with Crippen molar-refractivity contribution in [2.24, 2.45) is 17.8 Å². The van der Waals surface area contributed by atoms with E-state index in [1.54, 1.807) is 0 Å². The number of rotatable bonds is 2. The summed E-state index contributed by atoms with van der Waals surface area (Å²) in [6.07, 6.45) is 4.77. The van der Waals surface area contributed by atoms with Gasteiger partial charge in [0.2, 0.25) is 5.91 Å². The molecule has 0 saturated heterocycles. The van der Waals surface area contributed by atoms with Crippen LogP contribution in [0.15, 0.2) is 30.3 Å². The summed E-state index contributed by atoms with van der Waals surface area (Å²) in [5.41, 5.74) is 6.43. The van der Waals surface area contributed by atoms with Crippen LogP contribution in [0, 0.1) is 17.8 Å². The van der Waals surface area contributed by atoms with E-state index in [1.807, 2.05) is 30.3 Å². The Morgan fingerprint density at radius 3 is 2.55 bits per heavy atom. The van der Waals surface area contributed by atoms with Gasteiger partial charge in [0, 0.05) is 11.6 Å². The van der Waals surface area contributed by atoms with Crippen molar-refractivity contribution >= 4 is 28.9 Å². The van der Waals surface area contributed by atoms with Gasteiger partial charge in [0.15, 0.2) is 5.11 Å². The number of carbonyl (C=O) groups excluding carboxylic acids is 1. The first-order valence-corrected chi connectivity index (χ1v) is 7.55. The number of hydrazine groups is 1. The molecular weight excluding hydrogens is 270 g/mol. The predicted molar refractivity (Wildman–Crippen MR) is 82.9 cm³/mol. The first-order chi connectivity index (χ1) is 9.72. The van der Waals surface area contributed by atoms with Gasteiger partial charge in [-0.1, -0.05) is 24.6 Å². The van der Waals surface area contributed by atoms with Crippen LogP contribution in [-0.4, -0.2) is 11.0 Å². The van der Waals surface area contributed by atoms with E-state index in [1.165, 1.54) is 19.3 Å². The number of fused-ring (bicyclic) bond motifs is 2. The molecule has 2 aliphatic carbocycles. The van der Waals surface area contributed by atoms with Crippen LogP contribution in [0.1, 0.15) is 25.7 Å². The van der Waals surface area contributed by atoms with Crippen molar-refractivity contribution in [3.63, 3.8) is 0 Å². The molecule has 3 N–H and O–H groups in total. The van der Waals surface area contributed by atoms with E-state index in [4.69, 9.17) is 12.2 Å². The Hall–Kier alpha value is -1.62. The summed E-state index contributed by atoms with van der Waals surface area (Å²) in [5.74, 6) is 1.60. The Labute approximate surface area is 124 Å². The maximum atomic E-state index is 12.1. The molecule has 2 saturated carbocycles. The highest BCUT2D eigenvalue weighted by Gasteiger charge is 2.43. The number of hydrogen-bond donors (Lipinski definition) is 3. The SMILES string of the molecule is O=C(NNC(=S)Nc1ccccc1)[C@H]1C[C@H]2CC[C@@H]1C2. The van der Waals surface area contributed by atoms with Gasteiger partial charge in [-0.15, -0.1) is 0 Å². The van der Waals surface area contributed by atoms with E-state index in [0.717, 1.165) is 18.0 Å². The van der Waals surface area contributed by atoms with Gasteiger partial charge in [0.05, 0.1) is 0 Å². The standard InChI is InChI=1S/C15H19N3OS/c19-14(13-9-10-6-7-11(13)8-10)17-18-15(20)16-12-4-2-1-3-5-12/h1-5,10-11,13H,6-9H2,(H,17,19)(H2,16,18,20)/t10-,11+,13-/m0/s1. The van der Waals surface area contributed by atoms with Gasteiger partial charge in [-0.05, 0) is 55.4 Å². The third kappa shape index (κ3) is 2.93. The smallest absolute Gasteiger partial charge is 0.241 e. The summed E-state index contributed by atoms with van der Waals surface area (Å²) < 4.78 is 0. The van der Waals surface area contributed by atoms with Crippen molar-refractivity contribution in [1.82, 2.24) is 10.9 Å². The van der Waals surface area contributed by atoms with E-state index in [9.17, 15) is 4.79 Å². The Morgan fingerprint density at radius 1 is 1.10 bits per heavy atom. The zero-order chi connectivity index (χ0) is 13.9. The number of amides is 1. The monoisotopic (exact) mass is 289 g/mol. The van der Waals surface area contributed by atoms with Crippen LogP contribution in [0.25, 0.3) is 0 Å². The minimum Gasteiger partial charge on any atom is -0.331 e. The molecule has 0 heterocycles. The first kappa shape index (κ1) is 13.4. The summed E-state index contributed by atoms with van der Waals surface area (Å²) in [5, 5.41) is 3.44. The van der Waals surface area contributed by atoms with Crippen LogP contribution in [0.4, 0.5) is 5.69 Å². The Kier molecular flexibility index (Phi) is 3.87. The van der Waals surface area contributed by atoms with Crippen LogP contribution < -0.4 is 16.2 Å². The summed E-state index contributed by atoms with van der Waals surface area (Å²) in [6.45, 7) is 0. The van der Waals surface area contributed by atoms with Crippen molar-refractivity contribution in [3.05, 3.63) is 30.3 Å². The van der Waals surface area contributed by atoms with E-state index in [2.05, 4.69) is 16.2 Å². The highest BCUT2D eigenvalue weighted by Crippen LogP contribution is 2.48. The quantitative estimate of drug-likeness (QED) is 0.578. The molecule has 4 nitrogen and oxygen atoms in total. The molecule has 0 spiro atoms. The Morgan fingerprint density at radius 2 is 1.90 bits per heavy atom. The zero-order valence-corrected chi connectivity index (χ0v) is 12.1. The fourth-order valence-electron chi connectivity index (χ4n) is 3.46. The second kappa shape index (κ2) is 5.79. The number of anilines is 1. The number of para-hydroxylation sites is 1. The molecule has 2 fully saturated rings. The Bertz CT molecular complexity index is 505. The highest BCUT2D eigenvalue weighted by atomic mass is 32.1. The fraction of sp³-hybridized carbons (Fsp3) is 0.467. The van der Waals surface area contributed by atoms with Crippen molar-refractivity contribution < 1.29 is 4.79 Å². The molecule has 3 atom stereocenters. The van der Waals surface area contributed by atoms with Crippen molar-refractivity contribution in [2.45, 2.75) is 25.7 Å². The average molecular weight is 289 g/mol. The molecule has 2 aliphatic rings. The van der Waals surface area contributed by atoms with E-state index in [0.29, 0.717) is 11.0 Å². The summed E-state index contributed by atoms with van der Waals surface area (Å²) in [6, 6.07) is 9.65. The molecule has 0 radical (unpaired) electrons. The summed E-state index contributed by atoms with van der Waals surface area (Å²) >= 11 is 5.16. The molecule has 106 valence electrons. The summed E-state index contributed by atoms with van der Waals surface area (Å²) in [7, 11) is 0. The molecular formula is C15H19N3OS. The number of hydrogen-bond acceptors (Lipinski definition) is 2. The molecule has 5 heteroatoms. The normalized spacial score (nSPS) is 27.1. The average Bonchev–Trinajstić information content (AvgIpc) is 3.08. The van der Waals surface area contributed by atoms with Crippen LogP contribution in [0.2, 0.25) is 0 Å². The Balaban J connectivity index is 1.45. The molecule has 0 aromatic heterocycles. The number of carbonyl (C=O) groups is 1. The van der Waals surface area contributed by atoms with E-state index < -0.39 is 0 Å². The van der Waals surface area contributed by atoms with Crippen LogP contribution in [0.3, 0.4) is 0 Å². The molecule has 2 bridgehead atoms. The van der Waals surface area contributed by atoms with E-state index in [-0.39, 0.29) is 11.8 Å². The van der Waals surface area contributed by atoms with Gasteiger partial charge in [-0.3, -0.25) is 15.6 Å². The minimum atomic E-state index is 0.0782. The largest absolute Gasteiger partial charge is 0.331 e. The number of thiocarbonyl (C=S) groups is 1. The van der Waals surface area contributed by atoms with Crippen LogP contribution >= 0.6 is 12.2 Å². The van der Waals surface area contributed by atoms with Crippen LogP contribution in [-0.2, 0) is 4.79 Å². The third-order valence-corrected chi connectivity index (χ3v) is 4.61. The second-order valence-electron chi connectivity index (χ2n) is 5.72. The maximum absolute atomic E-state index is 12.1. The molecule has 3 rings (SSSR count). The third-order valence-electron chi connectivity index (χ3n) is 4.41. The molecule has 1 amide bonds. The van der Waals surface area contributed by atoms with Gasteiger partial charge < -0.3 is 5.32 Å². The lowest BCUT2D eigenvalue weighted by molar-refractivity contribution is -0.127. The number of nitrogens with one attached hydrogen (secondary N) is 3. The van der Waals surface area contributed by atoms with Gasteiger partial charge in [-0.25, -0.2) is 0 Å². The first-order valence-electron chi connectivity index (χ1n) is 7.14. The molecule has 1 aromatic carbocycles. The van der Waals surface area contributed by atoms with Gasteiger partial charge in [0.25, 0.3) is 0 Å². The second-order valence-corrected chi connectivity index (χ2v) is 6.12. The lowest BCUT2D eigenvalue weighted by atomic mass is 9.88. The van der Waals surface area contributed by atoms with Gasteiger partial charge in [0.1, 0.15) is 0 Å². The van der Waals surface area contributed by atoms with Crippen molar-refractivity contribution in [3.8, 4) is 0 Å². The van der Waals surface area contributed by atoms with Gasteiger partial charge in [-0.2, -0.15) is 0 Å². The fourth-order valence-corrected chi connectivity index (χ4v) is 3.63. The summed E-state index contributed by atoms with van der Waals surface area (Å²) in [4.78, 5) is 12.1. The minimum absolute atomic E-state index is 0.0782. The van der Waals surface area contributed by atoms with Crippen LogP contribution in [0.5, 0.6) is 0 Å². The maximum Gasteiger partial charge on any atom is 0.241 e. The highest BCUT2D eigenvalue weighted by molar-refractivity contribution is 7.80. The topological polar surface area (TPSA) is 53.2 Å². The number of benzene rings is 1. The molecule has 0 aliphatic heterocycles. The van der Waals surface area contributed by atoms with Crippen molar-refractivity contribution in [2.75, 3.05) is 5.32 Å². The van der Waals surface area contributed by atoms with E-state index >= 15 is 0 Å².